The van der Waals surface area contributed by atoms with Crippen molar-refractivity contribution in [3.63, 3.8) is 0 Å². The van der Waals surface area contributed by atoms with Gasteiger partial charge < -0.3 is 62.9 Å². The Labute approximate surface area is 552 Å². The number of aliphatic hydroxyl groups excluding tert-OH is 1. The lowest BCUT2D eigenvalue weighted by molar-refractivity contribution is -0.133. The molecular weight excluding hydrogens is 1300 g/mol. The summed E-state index contributed by atoms with van der Waals surface area (Å²) in [5.74, 6) is -0.610. The van der Waals surface area contributed by atoms with Gasteiger partial charge in [-0.25, -0.2) is 9.69 Å². The lowest BCUT2D eigenvalue weighted by Crippen LogP contribution is -2.50. The number of allylic oxidation sites excluding steroid dienone is 4. The van der Waals surface area contributed by atoms with Crippen molar-refractivity contribution in [2.45, 2.75) is 130 Å². The fourth-order valence-electron chi connectivity index (χ4n) is 10.9. The van der Waals surface area contributed by atoms with Gasteiger partial charge in [-0.3, -0.25) is 33.8 Å². The highest BCUT2D eigenvalue weighted by Gasteiger charge is 2.45. The molecule has 0 bridgehead atoms. The maximum atomic E-state index is 14.4. The van der Waals surface area contributed by atoms with Crippen LogP contribution in [0.4, 0.5) is 16.2 Å². The van der Waals surface area contributed by atoms with Gasteiger partial charge in [0.05, 0.1) is 119 Å². The number of unbranched alkanes of at least 4 members (excludes halogenated alkanes) is 2. The standard InChI is InChI=1S/C69H88IN5O17/c1-8-14-49-32-51-41-71-57-38-63(61(84-6)36-55(57)66(80)73(51)42-49)90-23-11-10-12-24-91-64-39-58-56(37-62(64)85-7)67(81)74-43-50(15-9-2)33-59(74)68(82)75(58)69(83)92-44-48-19-17-47(18-20-48)34-60(78)46(5)72-65(79)54(45(3)4)35-52(76)21-25-87-27-29-89-31-30-88-28-26-86-22-13-16-53(77)40-70/h8-9,14-15,17-20,36-39,41-43,45-46,51,54,59,68,82H,10-13,16,21-35,40,44H2,1-7H3,(H,72,79)/b14-8+,15-9+/t46-,51-,54-,59-,68-/m0/s1. The number of carbonyl (C=O) groups excluding carboxylic acids is 7. The molecule has 5 atom stereocenters. The molecule has 23 heteroatoms. The minimum atomic E-state index is -1.54. The van der Waals surface area contributed by atoms with E-state index < -0.39 is 36.2 Å². The van der Waals surface area contributed by atoms with Crippen LogP contribution < -0.4 is 29.2 Å². The van der Waals surface area contributed by atoms with Gasteiger partial charge in [0.15, 0.2) is 35.0 Å². The van der Waals surface area contributed by atoms with Crippen LogP contribution in [-0.4, -0.2) is 171 Å². The number of hydrogen-bond donors (Lipinski definition) is 2. The lowest BCUT2D eigenvalue weighted by atomic mass is 9.88. The van der Waals surface area contributed by atoms with Crippen molar-refractivity contribution in [1.29, 1.82) is 0 Å². The van der Waals surface area contributed by atoms with Crippen LogP contribution in [0.3, 0.4) is 0 Å². The van der Waals surface area contributed by atoms with Gasteiger partial charge in [-0.15, -0.1) is 0 Å². The van der Waals surface area contributed by atoms with E-state index in [1.165, 1.54) is 31.3 Å². The van der Waals surface area contributed by atoms with Gasteiger partial charge in [0, 0.05) is 69.0 Å². The zero-order chi connectivity index (χ0) is 66.1. The Morgan fingerprint density at radius 3 is 1.87 bits per heavy atom. The molecule has 0 unspecified atom stereocenters. The van der Waals surface area contributed by atoms with Gasteiger partial charge in [0.2, 0.25) is 5.91 Å². The highest BCUT2D eigenvalue weighted by Crippen LogP contribution is 2.43. The zero-order valence-electron chi connectivity index (χ0n) is 53.8. The Morgan fingerprint density at radius 2 is 1.25 bits per heavy atom. The average molecular weight is 1390 g/mol. The summed E-state index contributed by atoms with van der Waals surface area (Å²) in [5.41, 5.74) is 4.15. The monoisotopic (exact) mass is 1390 g/mol. The molecule has 22 nitrogen and oxygen atoms in total. The second kappa shape index (κ2) is 36.8. The van der Waals surface area contributed by atoms with Crippen LogP contribution in [0.5, 0.6) is 23.0 Å². The summed E-state index contributed by atoms with van der Waals surface area (Å²) in [6, 6.07) is 11.4. The predicted molar refractivity (Wildman–Crippen MR) is 354 cm³/mol. The fourth-order valence-corrected chi connectivity index (χ4v) is 11.2. The topological polar surface area (TPSA) is 257 Å². The van der Waals surface area contributed by atoms with Crippen LogP contribution in [0.1, 0.15) is 124 Å². The molecule has 0 fully saturated rings. The molecule has 3 aromatic carbocycles. The first-order valence-electron chi connectivity index (χ1n) is 31.5. The number of benzene rings is 3. The molecule has 0 saturated carbocycles. The third-order valence-electron chi connectivity index (χ3n) is 16.0. The zero-order valence-corrected chi connectivity index (χ0v) is 56.0. The van der Waals surface area contributed by atoms with Crippen LogP contribution in [-0.2, 0) is 55.9 Å². The summed E-state index contributed by atoms with van der Waals surface area (Å²) in [5, 5.41) is 14.9. The third kappa shape index (κ3) is 20.4. The van der Waals surface area contributed by atoms with E-state index in [2.05, 4.69) is 32.9 Å². The first kappa shape index (κ1) is 72.1. The van der Waals surface area contributed by atoms with E-state index in [0.717, 1.165) is 16.0 Å². The molecule has 0 spiro atoms. The van der Waals surface area contributed by atoms with E-state index in [1.54, 1.807) is 60.6 Å². The van der Waals surface area contributed by atoms with Crippen LogP contribution >= 0.6 is 22.6 Å². The minimum absolute atomic E-state index is 0.00201. The summed E-state index contributed by atoms with van der Waals surface area (Å²) >= 11 is 2.06. The van der Waals surface area contributed by atoms with E-state index in [9.17, 15) is 38.7 Å². The van der Waals surface area contributed by atoms with Crippen LogP contribution in [0.25, 0.3) is 0 Å². The highest BCUT2D eigenvalue weighted by molar-refractivity contribution is 14.1. The SMILES string of the molecule is C/C=C/C1=CN2C(=O)c3cc(OC)c(OCCCCCOc4cc5c(cc4OC)C(=O)N4C=C(/C=C/C)C[C@H]4[C@H](O)N5C(=O)OCc4ccc(CC(=O)[C@H](C)NC(=O)[C@@H](CC(=O)CCOCCOCCOCCOCCCC(=O)CI)C(C)C)cc4)cc3N=C[C@@H]2C1. The van der Waals surface area contributed by atoms with Crippen LogP contribution in [0.2, 0.25) is 0 Å². The van der Waals surface area contributed by atoms with Gasteiger partial charge >= 0.3 is 6.09 Å². The number of amides is 4. The third-order valence-corrected chi connectivity index (χ3v) is 16.8. The average Bonchev–Trinajstić information content (AvgIpc) is 1.59. The number of aliphatic hydroxyl groups is 1. The number of hydrogen-bond acceptors (Lipinski definition) is 18. The van der Waals surface area contributed by atoms with Crippen molar-refractivity contribution in [3.05, 3.63) is 119 Å². The van der Waals surface area contributed by atoms with E-state index in [4.69, 9.17) is 42.6 Å². The first-order chi connectivity index (χ1) is 44.5. The molecule has 498 valence electrons. The highest BCUT2D eigenvalue weighted by atomic mass is 127. The van der Waals surface area contributed by atoms with Crippen LogP contribution in [0.15, 0.2) is 101 Å². The van der Waals surface area contributed by atoms with Crippen molar-refractivity contribution in [1.82, 2.24) is 15.1 Å². The summed E-state index contributed by atoms with van der Waals surface area (Å²) < 4.78 is 52.3. The van der Waals surface area contributed by atoms with Crippen molar-refractivity contribution < 1.29 is 81.3 Å². The van der Waals surface area contributed by atoms with Gasteiger partial charge in [0.25, 0.3) is 11.8 Å². The summed E-state index contributed by atoms with van der Waals surface area (Å²) in [6.45, 7) is 12.5. The van der Waals surface area contributed by atoms with Gasteiger partial charge in [-0.05, 0) is 99.6 Å². The van der Waals surface area contributed by atoms with Crippen molar-refractivity contribution in [2.75, 3.05) is 89.6 Å². The number of carbonyl (C=O) groups is 7. The smallest absolute Gasteiger partial charge is 0.416 e. The molecule has 92 heavy (non-hydrogen) atoms. The van der Waals surface area contributed by atoms with Crippen molar-refractivity contribution >= 4 is 81.3 Å². The number of ketones is 3. The Morgan fingerprint density at radius 1 is 0.674 bits per heavy atom. The Kier molecular flexibility index (Phi) is 28.9. The Hall–Kier alpha value is -7.29. The maximum Gasteiger partial charge on any atom is 0.416 e. The predicted octanol–water partition coefficient (Wildman–Crippen LogP) is 9.96. The summed E-state index contributed by atoms with van der Waals surface area (Å²) in [6.07, 6.45) is 14.7. The number of Topliss-reactive ketones (excluding diaryl/α,β-unsaturated/α-hetero) is 3. The molecule has 7 rings (SSSR count). The van der Waals surface area contributed by atoms with E-state index in [1.807, 2.05) is 58.2 Å². The number of nitrogens with zero attached hydrogens (tertiary/aromatic N) is 4. The number of methoxy groups -OCH3 is 2. The molecule has 0 aliphatic carbocycles. The van der Waals surface area contributed by atoms with E-state index in [-0.39, 0.29) is 109 Å². The normalized spacial score (nSPS) is 17.4. The summed E-state index contributed by atoms with van der Waals surface area (Å²) in [7, 11) is 2.98. The number of halogens is 1. The van der Waals surface area contributed by atoms with Crippen LogP contribution in [0, 0.1) is 11.8 Å². The number of aliphatic imine (C=N–C) groups is 1. The Bertz CT molecular complexity index is 3200. The molecule has 0 radical (unpaired) electrons. The molecule has 3 aromatic rings. The van der Waals surface area contributed by atoms with Gasteiger partial charge in [-0.2, -0.15) is 0 Å². The number of rotatable bonds is 39. The molecular formula is C69H88IN5O17. The number of ether oxygens (including phenoxy) is 9. The molecule has 4 heterocycles. The summed E-state index contributed by atoms with van der Waals surface area (Å²) in [4.78, 5) is 102. The second-order valence-corrected chi connectivity index (χ2v) is 23.8. The van der Waals surface area contributed by atoms with E-state index >= 15 is 0 Å². The largest absolute Gasteiger partial charge is 0.493 e. The van der Waals surface area contributed by atoms with E-state index in [0.29, 0.717) is 130 Å². The number of fused-ring (bicyclic) bond motifs is 4. The number of alkyl halides is 1. The first-order valence-corrected chi connectivity index (χ1v) is 33.0. The molecule has 4 aliphatic heterocycles. The number of nitrogens with one attached hydrogen (secondary N) is 1. The second-order valence-electron chi connectivity index (χ2n) is 23.0. The van der Waals surface area contributed by atoms with Gasteiger partial charge in [-0.1, -0.05) is 85.0 Å². The molecule has 4 amide bonds. The molecule has 2 N–H and O–H groups in total. The number of anilines is 1. The maximum absolute atomic E-state index is 14.4. The fraction of sp³-hybridized carbons (Fsp3) is 0.507. The quantitative estimate of drug-likeness (QED) is 0.0306. The molecule has 0 aromatic heterocycles. The molecule has 0 saturated heterocycles. The lowest BCUT2D eigenvalue weighted by Gasteiger charge is -2.31. The van der Waals surface area contributed by atoms with Crippen molar-refractivity contribution in [2.24, 2.45) is 16.8 Å². The van der Waals surface area contributed by atoms with Gasteiger partial charge in [0.1, 0.15) is 18.2 Å². The van der Waals surface area contributed by atoms with Crippen molar-refractivity contribution in [3.8, 4) is 23.0 Å². The Balaban J connectivity index is 0.869. The molecule has 4 aliphatic rings. The minimum Gasteiger partial charge on any atom is -0.493 e.